The van der Waals surface area contributed by atoms with Crippen molar-refractivity contribution < 1.29 is 28.8 Å². The van der Waals surface area contributed by atoms with Crippen molar-refractivity contribution in [2.45, 2.75) is 43.9 Å². The lowest BCUT2D eigenvalue weighted by molar-refractivity contribution is 0.0490. The first-order valence-corrected chi connectivity index (χ1v) is 19.4. The Morgan fingerprint density at radius 2 is 1.39 bits per heavy atom. The maximum absolute atomic E-state index is 11.3. The predicted octanol–water partition coefficient (Wildman–Crippen LogP) is 6.13. The normalized spacial score (nSPS) is 21.2. The van der Waals surface area contributed by atoms with Gasteiger partial charge in [-0.3, -0.25) is 14.7 Å². The minimum absolute atomic E-state index is 0.0387. The van der Waals surface area contributed by atoms with Crippen LogP contribution in [-0.2, 0) is 25.7 Å². The van der Waals surface area contributed by atoms with Crippen molar-refractivity contribution >= 4 is 0 Å². The number of nitrogens with zero attached hydrogens (tertiary/aromatic N) is 4. The highest BCUT2D eigenvalue weighted by atomic mass is 16.5. The summed E-state index contributed by atoms with van der Waals surface area (Å²) in [7, 11) is 9.89. The summed E-state index contributed by atoms with van der Waals surface area (Å²) in [5.41, 5.74) is 7.22. The van der Waals surface area contributed by atoms with Crippen LogP contribution in [0, 0.1) is 0 Å². The summed E-state index contributed by atoms with van der Waals surface area (Å²) in [4.78, 5) is 9.47. The molecule has 286 valence electrons. The van der Waals surface area contributed by atoms with Gasteiger partial charge in [-0.25, -0.2) is 0 Å². The number of ether oxygens (including phenoxy) is 5. The lowest BCUT2D eigenvalue weighted by Crippen LogP contribution is -2.47. The highest BCUT2D eigenvalue weighted by Crippen LogP contribution is 2.51. The molecule has 54 heavy (non-hydrogen) atoms. The maximum atomic E-state index is 11.3. The Kier molecular flexibility index (Phi) is 10.7. The molecule has 0 saturated carbocycles. The number of benzene rings is 4. The minimum atomic E-state index is -0.675. The second-order valence-corrected chi connectivity index (χ2v) is 15.5. The van der Waals surface area contributed by atoms with Crippen LogP contribution in [0.5, 0.6) is 40.2 Å². The molecule has 0 aromatic heterocycles. The Morgan fingerprint density at radius 3 is 2.15 bits per heavy atom. The maximum Gasteiger partial charge on any atom is 0.204 e. The van der Waals surface area contributed by atoms with E-state index in [0.29, 0.717) is 41.7 Å². The van der Waals surface area contributed by atoms with Crippen LogP contribution in [-0.4, -0.2) is 119 Å². The largest absolute Gasteiger partial charge is 0.493 e. The quantitative estimate of drug-likeness (QED) is 0.240. The Bertz CT molecular complexity index is 1940. The van der Waals surface area contributed by atoms with Crippen molar-refractivity contribution in [2.75, 3.05) is 87.8 Å². The number of β-amino-alcohol motifs (C(OH)–C–C–N with tert-alkyl or cyclic N) is 1. The van der Waals surface area contributed by atoms with E-state index in [1.54, 1.807) is 14.2 Å². The van der Waals surface area contributed by atoms with Crippen molar-refractivity contribution in [3.8, 4) is 40.2 Å². The van der Waals surface area contributed by atoms with Gasteiger partial charge in [-0.2, -0.15) is 0 Å². The van der Waals surface area contributed by atoms with Crippen molar-refractivity contribution in [1.82, 2.24) is 19.6 Å². The number of rotatable bonds is 7. The Morgan fingerprint density at radius 1 is 0.704 bits per heavy atom. The summed E-state index contributed by atoms with van der Waals surface area (Å²) in [5.74, 6) is 4.68. The minimum Gasteiger partial charge on any atom is -0.493 e. The van der Waals surface area contributed by atoms with Crippen LogP contribution >= 0.6 is 0 Å². The summed E-state index contributed by atoms with van der Waals surface area (Å²) in [6.45, 7) is 6.37. The number of aliphatic hydroxyl groups excluding tert-OH is 1. The van der Waals surface area contributed by atoms with Gasteiger partial charge in [0.25, 0.3) is 0 Å². The van der Waals surface area contributed by atoms with E-state index >= 15 is 0 Å². The molecule has 5 heterocycles. The van der Waals surface area contributed by atoms with Gasteiger partial charge in [-0.1, -0.05) is 24.3 Å². The number of hydrogen-bond acceptors (Lipinski definition) is 10. The van der Waals surface area contributed by atoms with Gasteiger partial charge in [0.15, 0.2) is 23.0 Å². The van der Waals surface area contributed by atoms with E-state index in [-0.39, 0.29) is 18.7 Å². The van der Waals surface area contributed by atoms with E-state index in [0.717, 1.165) is 81.2 Å². The van der Waals surface area contributed by atoms with Crippen LogP contribution in [0.15, 0.2) is 66.7 Å². The Balaban J connectivity index is 1.24. The first-order chi connectivity index (χ1) is 26.3. The number of hydrogen-bond donors (Lipinski definition) is 1. The molecule has 6 bridgehead atoms. The average Bonchev–Trinajstić information content (AvgIpc) is 3.17. The van der Waals surface area contributed by atoms with Crippen molar-refractivity contribution in [3.05, 3.63) is 100 Å². The van der Waals surface area contributed by atoms with Crippen LogP contribution in [0.2, 0.25) is 0 Å². The third-order valence-corrected chi connectivity index (χ3v) is 11.8. The zero-order valence-corrected chi connectivity index (χ0v) is 32.3. The highest BCUT2D eigenvalue weighted by molar-refractivity contribution is 5.63. The summed E-state index contributed by atoms with van der Waals surface area (Å²) in [6.07, 6.45) is 2.70. The Hall–Kier alpha value is -4.32. The van der Waals surface area contributed by atoms with Gasteiger partial charge < -0.3 is 33.7 Å². The second kappa shape index (κ2) is 15.8. The van der Waals surface area contributed by atoms with Gasteiger partial charge in [0.2, 0.25) is 5.75 Å². The fourth-order valence-electron chi connectivity index (χ4n) is 8.58. The average molecular weight is 735 g/mol. The van der Waals surface area contributed by atoms with Crippen molar-refractivity contribution in [3.63, 3.8) is 0 Å². The molecule has 5 aliphatic rings. The third kappa shape index (κ3) is 7.63. The molecule has 1 unspecified atom stereocenters. The van der Waals surface area contributed by atoms with Crippen LogP contribution in [0.3, 0.4) is 0 Å². The third-order valence-electron chi connectivity index (χ3n) is 11.8. The zero-order chi connectivity index (χ0) is 37.3. The van der Waals surface area contributed by atoms with Crippen LogP contribution in [0.1, 0.15) is 45.5 Å². The molecule has 4 aromatic rings. The summed E-state index contributed by atoms with van der Waals surface area (Å²) in [5, 5.41) is 11.3. The van der Waals surface area contributed by atoms with E-state index in [1.807, 2.05) is 6.07 Å². The molecule has 4 aromatic carbocycles. The zero-order valence-electron chi connectivity index (χ0n) is 32.3. The number of piperazine rings is 1. The van der Waals surface area contributed by atoms with E-state index in [2.05, 4.69) is 101 Å². The lowest BCUT2D eigenvalue weighted by Gasteiger charge is -2.37. The van der Waals surface area contributed by atoms with Gasteiger partial charge in [-0.15, -0.1) is 0 Å². The van der Waals surface area contributed by atoms with E-state index < -0.39 is 6.10 Å². The van der Waals surface area contributed by atoms with Gasteiger partial charge in [0.1, 0.15) is 24.2 Å². The molecule has 0 spiro atoms. The summed E-state index contributed by atoms with van der Waals surface area (Å²) >= 11 is 0. The standard InChI is InChI=1S/C44H54N4O6/c1-45-18-20-48(21-19-45)27-33(49)28-52-43-41(51-5)25-32-15-17-47(3)38-23-30-8-13-39(50-4)40(24-30)53-34-10-6-29(7-11-34)22-37-36-26-35(54-44(43)42(32)38)12-9-31(36)14-16-46(37)2/h6-13,24-26,33,37-38,49H,14-23,27-28H2,1-5H3/t33?,37-,38-/m0/s1. The molecule has 3 atom stereocenters. The summed E-state index contributed by atoms with van der Waals surface area (Å²) in [6, 6.07) is 23.5. The molecular formula is C44H54N4O6. The fraction of sp³-hybridized carbons (Fsp3) is 0.455. The first-order valence-electron chi connectivity index (χ1n) is 19.4. The molecule has 1 fully saturated rings. The van der Waals surface area contributed by atoms with Gasteiger partial charge in [0, 0.05) is 63.5 Å². The highest BCUT2D eigenvalue weighted by Gasteiger charge is 2.34. The number of fused-ring (bicyclic) bond motifs is 2. The van der Waals surface area contributed by atoms with Crippen molar-refractivity contribution in [1.29, 1.82) is 0 Å². The van der Waals surface area contributed by atoms with Crippen LogP contribution in [0.4, 0.5) is 0 Å². The topological polar surface area (TPSA) is 79.3 Å². The van der Waals surface area contributed by atoms with Crippen LogP contribution < -0.4 is 23.7 Å². The molecule has 10 nitrogen and oxygen atoms in total. The lowest BCUT2D eigenvalue weighted by atomic mass is 9.87. The number of aliphatic hydroxyl groups is 1. The second-order valence-electron chi connectivity index (χ2n) is 15.5. The smallest absolute Gasteiger partial charge is 0.204 e. The van der Waals surface area contributed by atoms with Crippen molar-refractivity contribution in [2.24, 2.45) is 0 Å². The van der Waals surface area contributed by atoms with Crippen LogP contribution in [0.25, 0.3) is 0 Å². The van der Waals surface area contributed by atoms with E-state index in [1.165, 1.54) is 22.3 Å². The molecule has 1 N–H and O–H groups in total. The summed E-state index contributed by atoms with van der Waals surface area (Å²) < 4.78 is 32.1. The van der Waals surface area contributed by atoms with E-state index in [4.69, 9.17) is 23.7 Å². The fourth-order valence-corrected chi connectivity index (χ4v) is 8.58. The SMILES string of the molecule is COc1ccc2cc1Oc1ccc(cc1)C[C@H]1c3cc(ccc3CCN1C)Oc1c(OCC(O)CN3CCN(C)CC3)c(OC)cc3c1[C@H](C2)N(C)CC3. The van der Waals surface area contributed by atoms with E-state index in [9.17, 15) is 5.11 Å². The van der Waals surface area contributed by atoms with Gasteiger partial charge >= 0.3 is 0 Å². The molecule has 0 amide bonds. The first kappa shape index (κ1) is 36.6. The monoisotopic (exact) mass is 734 g/mol. The molecule has 1 saturated heterocycles. The van der Waals surface area contributed by atoms with Gasteiger partial charge in [-0.05, 0) is 117 Å². The molecule has 10 heteroatoms. The molecular weight excluding hydrogens is 681 g/mol. The molecule has 0 aliphatic carbocycles. The van der Waals surface area contributed by atoms with Gasteiger partial charge in [0.05, 0.1) is 14.2 Å². The molecule has 5 aliphatic heterocycles. The molecule has 9 rings (SSSR count). The number of likely N-dealkylation sites (N-methyl/N-ethyl adjacent to an activating group) is 3. The Labute approximate surface area is 319 Å². The molecule has 0 radical (unpaired) electrons. The number of methoxy groups -OCH3 is 2. The predicted molar refractivity (Wildman–Crippen MR) is 210 cm³/mol.